The molecule has 0 N–H and O–H groups in total. The second kappa shape index (κ2) is 2.45. The maximum atomic E-state index is 9.87. The van der Waals surface area contributed by atoms with Gasteiger partial charge in [0.15, 0.2) is 0 Å². The van der Waals surface area contributed by atoms with Crippen LogP contribution in [0.4, 0.5) is 0 Å². The fourth-order valence-corrected chi connectivity index (χ4v) is 0. The van der Waals surface area contributed by atoms with E-state index in [1.807, 2.05) is 0 Å². The zero-order valence-electron chi connectivity index (χ0n) is 3.39. The Hall–Kier alpha value is 0.215. The van der Waals surface area contributed by atoms with Crippen LogP contribution in [0.1, 0.15) is 0 Å². The van der Waals surface area contributed by atoms with Gasteiger partial charge in [0.1, 0.15) is 0 Å². The van der Waals surface area contributed by atoms with E-state index in [-0.39, 0.29) is 0 Å². The third-order valence-corrected chi connectivity index (χ3v) is 0.996. The molecule has 0 bridgehead atoms. The number of hydrogen-bond donors (Lipinski definition) is 0. The highest BCUT2D eigenvalue weighted by molar-refractivity contribution is 8.09. The van der Waals surface area contributed by atoms with Crippen molar-refractivity contribution in [2.24, 2.45) is 0 Å². The fourth-order valence-electron chi connectivity index (χ4n) is 0. The minimum absolute atomic E-state index is 0.698. The smallest absolute Gasteiger partial charge is 0.234 e. The largest absolute Gasteiger partial charge is 0.273 e. The molecule has 0 saturated heterocycles. The summed E-state index contributed by atoms with van der Waals surface area (Å²) in [4.78, 5) is 0. The average molecular weight is 88.9 g/mol. The summed E-state index contributed by atoms with van der Waals surface area (Å²) in [6, 6.07) is 0. The Kier molecular flexibility index (Phi) is 2.56. The first-order chi connectivity index (χ1) is 2.27. The van der Waals surface area contributed by atoms with E-state index in [0.29, 0.717) is 0 Å². The van der Waals surface area contributed by atoms with Crippen molar-refractivity contribution >= 4 is 17.2 Å². The lowest BCUT2D eigenvalue weighted by atomic mass is 10.2. The van der Waals surface area contributed by atoms with Gasteiger partial charge in [-0.25, -0.2) is 0 Å². The highest BCUT2D eigenvalue weighted by Gasteiger charge is 1.77. The molecule has 0 aliphatic heterocycles. The molecule has 0 aromatic heterocycles. The van der Waals surface area contributed by atoms with E-state index in [1.165, 1.54) is 0 Å². The molecule has 29 valence electrons. The normalized spacial score (nSPS) is 14.0. The van der Waals surface area contributed by atoms with Crippen LogP contribution in [0.15, 0.2) is 0 Å². The van der Waals surface area contributed by atoms with Crippen LogP contribution in [0.3, 0.4) is 0 Å². The number of rotatable bonds is 1. The van der Waals surface area contributed by atoms with Crippen molar-refractivity contribution in [3.05, 3.63) is 0 Å². The van der Waals surface area contributed by atoms with Crippen LogP contribution in [0.25, 0.3) is 0 Å². The lowest BCUT2D eigenvalue weighted by molar-refractivity contribution is 0.694. The topological polar surface area (TPSA) is 17.1 Å². The fraction of sp³-hybridized carbons (Fsp3) is 1.00. The van der Waals surface area contributed by atoms with Crippen molar-refractivity contribution in [3.63, 3.8) is 0 Å². The number of hydrogen-bond acceptors (Lipinski definition) is 1. The summed E-state index contributed by atoms with van der Waals surface area (Å²) in [5.41, 5.74) is 0. The summed E-state index contributed by atoms with van der Waals surface area (Å²) in [6.07, 6.45) is 1.64. The van der Waals surface area contributed by atoms with Gasteiger partial charge in [-0.1, -0.05) is 6.82 Å². The molecule has 0 amide bonds. The molecule has 3 heteroatoms. The van der Waals surface area contributed by atoms with Gasteiger partial charge in [-0.15, -0.1) is 0 Å². The van der Waals surface area contributed by atoms with Crippen molar-refractivity contribution in [2.45, 2.75) is 6.82 Å². The Morgan fingerprint density at radius 3 is 2.00 bits per heavy atom. The Morgan fingerprint density at radius 1 is 1.80 bits per heavy atom. The molecule has 0 unspecified atom stereocenters. The van der Waals surface area contributed by atoms with Crippen molar-refractivity contribution in [1.29, 1.82) is 0 Å². The second-order valence-electron chi connectivity index (χ2n) is 0.734. The van der Waals surface area contributed by atoms with Crippen LogP contribution in [0.2, 0.25) is 6.82 Å². The predicted octanol–water partition coefficient (Wildman–Crippen LogP) is 0.0322. The summed E-state index contributed by atoms with van der Waals surface area (Å²) in [5.74, 6) is 0. The van der Waals surface area contributed by atoms with Crippen molar-refractivity contribution in [2.75, 3.05) is 6.26 Å². The summed E-state index contributed by atoms with van der Waals surface area (Å²) in [5, 5.41) is 0. The highest BCUT2D eigenvalue weighted by Crippen LogP contribution is 1.60. The van der Waals surface area contributed by atoms with Gasteiger partial charge in [-0.2, -0.15) is 0 Å². The van der Waals surface area contributed by atoms with Crippen LogP contribution in [0, 0.1) is 0 Å². The van der Waals surface area contributed by atoms with Crippen LogP contribution in [-0.2, 0) is 10.7 Å². The quantitative estimate of drug-likeness (QED) is 0.414. The molecule has 0 spiro atoms. The summed E-state index contributed by atoms with van der Waals surface area (Å²) >= 11 is 0. The van der Waals surface area contributed by atoms with E-state index in [2.05, 4.69) is 0 Å². The zero-order valence-corrected chi connectivity index (χ0v) is 4.21. The first-order valence-corrected chi connectivity index (χ1v) is 3.01. The Bertz CT molecular complexity index is 44.9. The summed E-state index contributed by atoms with van der Waals surface area (Å²) < 4.78 is 9.87. The Morgan fingerprint density at radius 2 is 2.00 bits per heavy atom. The molecule has 0 fully saturated rings. The molecular formula is C2H6BOS. The molecule has 1 nitrogen and oxygen atoms in total. The first kappa shape index (κ1) is 5.21. The van der Waals surface area contributed by atoms with Gasteiger partial charge in [0.05, 0.1) is 0 Å². The van der Waals surface area contributed by atoms with Gasteiger partial charge >= 0.3 is 0 Å². The summed E-state index contributed by atoms with van der Waals surface area (Å²) in [7, 11) is -0.698. The van der Waals surface area contributed by atoms with E-state index in [1.54, 1.807) is 19.6 Å². The molecule has 0 aliphatic carbocycles. The molecule has 0 heterocycles. The minimum Gasteiger partial charge on any atom is -0.273 e. The highest BCUT2D eigenvalue weighted by atomic mass is 32.2. The van der Waals surface area contributed by atoms with Gasteiger partial charge in [0.25, 0.3) is 0 Å². The molecule has 5 heavy (non-hydrogen) atoms. The van der Waals surface area contributed by atoms with Crippen LogP contribution >= 0.6 is 0 Å². The van der Waals surface area contributed by atoms with E-state index in [9.17, 15) is 4.21 Å². The van der Waals surface area contributed by atoms with Crippen LogP contribution in [-0.4, -0.2) is 17.0 Å². The van der Waals surface area contributed by atoms with E-state index >= 15 is 0 Å². The molecule has 0 rings (SSSR count). The molecule has 0 aromatic carbocycles. The maximum absolute atomic E-state index is 9.87. The predicted molar refractivity (Wildman–Crippen MR) is 25.7 cm³/mol. The monoisotopic (exact) mass is 89.0 g/mol. The van der Waals surface area contributed by atoms with Crippen molar-refractivity contribution in [3.8, 4) is 0 Å². The standard InChI is InChI=1S/C2H6BOS/c1-3-5(2)4/h1-2H3/t5-/m0/s1. The van der Waals surface area contributed by atoms with E-state index in [0.717, 1.165) is 0 Å². The Labute approximate surface area is 35.4 Å². The lowest BCUT2D eigenvalue weighted by Gasteiger charge is -1.71. The van der Waals surface area contributed by atoms with Gasteiger partial charge in [-0.05, 0) is 10.7 Å². The van der Waals surface area contributed by atoms with Gasteiger partial charge in [0, 0.05) is 6.26 Å². The Balaban J connectivity index is 2.85. The summed E-state index contributed by atoms with van der Waals surface area (Å²) in [6.45, 7) is 3.41. The molecule has 1 radical (unpaired) electrons. The molecule has 0 saturated carbocycles. The molecular weight excluding hydrogens is 82.9 g/mol. The van der Waals surface area contributed by atoms with Crippen LogP contribution in [0.5, 0.6) is 0 Å². The SMILES string of the molecule is C[B][S@](C)=O. The van der Waals surface area contributed by atoms with Crippen molar-refractivity contribution < 1.29 is 4.21 Å². The van der Waals surface area contributed by atoms with Gasteiger partial charge in [0.2, 0.25) is 6.56 Å². The van der Waals surface area contributed by atoms with Gasteiger partial charge < -0.3 is 0 Å². The maximum Gasteiger partial charge on any atom is 0.234 e. The average Bonchev–Trinajstić information content (AvgIpc) is 1.38. The van der Waals surface area contributed by atoms with E-state index < -0.39 is 10.7 Å². The third-order valence-electron chi connectivity index (χ3n) is 0.332. The molecule has 1 atom stereocenters. The van der Waals surface area contributed by atoms with Gasteiger partial charge in [-0.3, -0.25) is 4.21 Å². The molecule has 0 aliphatic rings. The second-order valence-corrected chi connectivity index (χ2v) is 2.20. The third kappa shape index (κ3) is 4.21. The minimum atomic E-state index is -0.698. The molecule has 0 aromatic rings. The first-order valence-electron chi connectivity index (χ1n) is 1.39. The lowest BCUT2D eigenvalue weighted by Crippen LogP contribution is -1.89. The van der Waals surface area contributed by atoms with Crippen molar-refractivity contribution in [1.82, 2.24) is 0 Å². The van der Waals surface area contributed by atoms with E-state index in [4.69, 9.17) is 0 Å². The van der Waals surface area contributed by atoms with Crippen LogP contribution < -0.4 is 0 Å². The zero-order chi connectivity index (χ0) is 4.28.